The number of nitro benzene ring substituents is 1. The highest BCUT2D eigenvalue weighted by Crippen LogP contribution is 2.32. The SMILES string of the molecule is COc1ccc(C(=O)Nc2nc(-c3ccc(OC(F)F)cc3)c(C)s2)cc1[N+](=O)[O-]. The van der Waals surface area contributed by atoms with Gasteiger partial charge in [-0.2, -0.15) is 8.78 Å². The van der Waals surface area contributed by atoms with Gasteiger partial charge < -0.3 is 9.47 Å². The molecule has 0 aliphatic rings. The van der Waals surface area contributed by atoms with E-state index < -0.39 is 17.4 Å². The minimum absolute atomic E-state index is 0.0243. The van der Waals surface area contributed by atoms with Crippen LogP contribution in [0.4, 0.5) is 19.6 Å². The first-order chi connectivity index (χ1) is 14.3. The average molecular weight is 435 g/mol. The van der Waals surface area contributed by atoms with Gasteiger partial charge in [0.05, 0.1) is 17.7 Å². The van der Waals surface area contributed by atoms with Crippen molar-refractivity contribution in [3.8, 4) is 22.8 Å². The van der Waals surface area contributed by atoms with Gasteiger partial charge in [-0.3, -0.25) is 20.2 Å². The van der Waals surface area contributed by atoms with Crippen LogP contribution in [-0.2, 0) is 0 Å². The highest BCUT2D eigenvalue weighted by atomic mass is 32.1. The van der Waals surface area contributed by atoms with Gasteiger partial charge >= 0.3 is 12.3 Å². The summed E-state index contributed by atoms with van der Waals surface area (Å²) in [6.07, 6.45) is 0. The van der Waals surface area contributed by atoms with Gasteiger partial charge in [0.2, 0.25) is 0 Å². The summed E-state index contributed by atoms with van der Waals surface area (Å²) in [5.74, 6) is -0.499. The molecule has 0 saturated carbocycles. The van der Waals surface area contributed by atoms with Crippen LogP contribution in [0.1, 0.15) is 15.2 Å². The van der Waals surface area contributed by atoms with E-state index in [9.17, 15) is 23.7 Å². The first kappa shape index (κ1) is 21.1. The lowest BCUT2D eigenvalue weighted by Gasteiger charge is -2.05. The van der Waals surface area contributed by atoms with Crippen LogP contribution < -0.4 is 14.8 Å². The van der Waals surface area contributed by atoms with Gasteiger partial charge in [-0.1, -0.05) is 0 Å². The second-order valence-corrected chi connectivity index (χ2v) is 7.13. The maximum Gasteiger partial charge on any atom is 0.387 e. The molecule has 0 bridgehead atoms. The van der Waals surface area contributed by atoms with Crippen LogP contribution in [-0.4, -0.2) is 29.5 Å². The third-order valence-corrected chi connectivity index (χ3v) is 4.89. The molecule has 0 radical (unpaired) electrons. The third kappa shape index (κ3) is 4.69. The fourth-order valence-corrected chi connectivity index (χ4v) is 3.49. The van der Waals surface area contributed by atoms with Crippen molar-refractivity contribution in [3.63, 3.8) is 0 Å². The Bertz CT molecular complexity index is 1090. The van der Waals surface area contributed by atoms with E-state index in [4.69, 9.17) is 4.74 Å². The number of carbonyl (C=O) groups excluding carboxylic acids is 1. The number of ether oxygens (including phenoxy) is 2. The Labute approximate surface area is 173 Å². The molecule has 8 nitrogen and oxygen atoms in total. The molecule has 3 rings (SSSR count). The van der Waals surface area contributed by atoms with Crippen molar-refractivity contribution in [2.45, 2.75) is 13.5 Å². The van der Waals surface area contributed by atoms with Crippen LogP contribution in [0.25, 0.3) is 11.3 Å². The van der Waals surface area contributed by atoms with Crippen molar-refractivity contribution in [2.75, 3.05) is 12.4 Å². The van der Waals surface area contributed by atoms with Gasteiger partial charge in [0.15, 0.2) is 10.9 Å². The zero-order chi connectivity index (χ0) is 21.8. The molecule has 30 heavy (non-hydrogen) atoms. The number of benzene rings is 2. The van der Waals surface area contributed by atoms with Gasteiger partial charge in [0.25, 0.3) is 5.91 Å². The van der Waals surface area contributed by atoms with E-state index in [1.54, 1.807) is 19.1 Å². The highest BCUT2D eigenvalue weighted by molar-refractivity contribution is 7.16. The summed E-state index contributed by atoms with van der Waals surface area (Å²) >= 11 is 1.21. The topological polar surface area (TPSA) is 104 Å². The molecule has 0 fully saturated rings. The fourth-order valence-electron chi connectivity index (χ4n) is 2.66. The number of rotatable bonds is 7. The van der Waals surface area contributed by atoms with Crippen molar-refractivity contribution < 1.29 is 28.0 Å². The Morgan fingerprint density at radius 2 is 1.93 bits per heavy atom. The van der Waals surface area contributed by atoms with Gasteiger partial charge in [-0.25, -0.2) is 4.98 Å². The number of nitrogens with one attached hydrogen (secondary N) is 1. The highest BCUT2D eigenvalue weighted by Gasteiger charge is 2.19. The molecule has 1 heterocycles. The predicted octanol–water partition coefficient (Wildman–Crippen LogP) is 4.89. The van der Waals surface area contributed by atoms with E-state index in [2.05, 4.69) is 15.0 Å². The summed E-state index contributed by atoms with van der Waals surface area (Å²) in [4.78, 5) is 28.1. The lowest BCUT2D eigenvalue weighted by molar-refractivity contribution is -0.385. The molecule has 1 N–H and O–H groups in total. The molecule has 3 aromatic rings. The summed E-state index contributed by atoms with van der Waals surface area (Å²) < 4.78 is 33.8. The minimum atomic E-state index is -2.91. The van der Waals surface area contributed by atoms with E-state index in [0.29, 0.717) is 16.4 Å². The van der Waals surface area contributed by atoms with E-state index >= 15 is 0 Å². The van der Waals surface area contributed by atoms with Crippen molar-refractivity contribution in [2.24, 2.45) is 0 Å². The van der Waals surface area contributed by atoms with E-state index in [1.807, 2.05) is 0 Å². The van der Waals surface area contributed by atoms with Crippen LogP contribution in [0.15, 0.2) is 42.5 Å². The van der Waals surface area contributed by atoms with Gasteiger partial charge in [-0.05, 0) is 43.3 Å². The minimum Gasteiger partial charge on any atom is -0.490 e. The normalized spacial score (nSPS) is 10.7. The molecule has 0 aliphatic heterocycles. The number of methoxy groups -OCH3 is 1. The van der Waals surface area contributed by atoms with Gasteiger partial charge in [0, 0.05) is 22.1 Å². The Kier molecular flexibility index (Phi) is 6.21. The van der Waals surface area contributed by atoms with Crippen LogP contribution in [0.3, 0.4) is 0 Å². The standard InChI is InChI=1S/C19H15F2N3O5S/c1-10-16(11-3-6-13(7-4-11)29-18(20)21)22-19(30-10)23-17(25)12-5-8-15(28-2)14(9-12)24(26)27/h3-9,18H,1-2H3,(H,22,23,25). The number of aryl methyl sites for hydroxylation is 1. The summed E-state index contributed by atoms with van der Waals surface area (Å²) in [5.41, 5.74) is 0.975. The zero-order valence-corrected chi connectivity index (χ0v) is 16.5. The van der Waals surface area contributed by atoms with E-state index in [-0.39, 0.29) is 22.7 Å². The lowest BCUT2D eigenvalue weighted by atomic mass is 10.1. The van der Waals surface area contributed by atoms with Crippen LogP contribution in [0.2, 0.25) is 0 Å². The van der Waals surface area contributed by atoms with Crippen molar-refractivity contribution in [1.82, 2.24) is 4.98 Å². The number of hydrogen-bond acceptors (Lipinski definition) is 7. The van der Waals surface area contributed by atoms with Crippen molar-refractivity contribution >= 4 is 28.1 Å². The molecule has 2 aromatic carbocycles. The Morgan fingerprint density at radius 1 is 1.23 bits per heavy atom. The number of thiazole rings is 1. The van der Waals surface area contributed by atoms with Crippen LogP contribution in [0.5, 0.6) is 11.5 Å². The molecule has 0 atom stereocenters. The van der Waals surface area contributed by atoms with Crippen molar-refractivity contribution in [3.05, 3.63) is 63.0 Å². The number of anilines is 1. The Balaban J connectivity index is 1.79. The lowest BCUT2D eigenvalue weighted by Crippen LogP contribution is -2.12. The molecular formula is C19H15F2N3O5S. The number of carbonyl (C=O) groups is 1. The molecule has 0 spiro atoms. The molecule has 0 unspecified atom stereocenters. The number of alkyl halides is 2. The zero-order valence-electron chi connectivity index (χ0n) is 15.7. The smallest absolute Gasteiger partial charge is 0.387 e. The molecule has 0 saturated heterocycles. The summed E-state index contributed by atoms with van der Waals surface area (Å²) in [5, 5.41) is 14.0. The number of nitrogens with zero attached hydrogens (tertiary/aromatic N) is 2. The maximum atomic E-state index is 12.5. The summed E-state index contributed by atoms with van der Waals surface area (Å²) in [7, 11) is 1.30. The van der Waals surface area contributed by atoms with Gasteiger partial charge in [0.1, 0.15) is 5.75 Å². The Morgan fingerprint density at radius 3 is 2.53 bits per heavy atom. The number of nitro groups is 1. The number of hydrogen-bond donors (Lipinski definition) is 1. The van der Waals surface area contributed by atoms with Crippen molar-refractivity contribution in [1.29, 1.82) is 0 Å². The monoisotopic (exact) mass is 435 g/mol. The molecule has 1 amide bonds. The second kappa shape index (κ2) is 8.82. The number of amides is 1. The van der Waals surface area contributed by atoms with E-state index in [0.717, 1.165) is 10.9 Å². The quantitative estimate of drug-likeness (QED) is 0.419. The van der Waals surface area contributed by atoms with Crippen LogP contribution >= 0.6 is 11.3 Å². The Hall–Kier alpha value is -3.60. The predicted molar refractivity (Wildman–Crippen MR) is 107 cm³/mol. The molecule has 11 heteroatoms. The third-order valence-electron chi connectivity index (χ3n) is 4.01. The molecule has 156 valence electrons. The molecule has 1 aromatic heterocycles. The summed E-state index contributed by atoms with van der Waals surface area (Å²) in [6.45, 7) is -1.11. The second-order valence-electron chi connectivity index (χ2n) is 5.92. The largest absolute Gasteiger partial charge is 0.490 e. The maximum absolute atomic E-state index is 12.5. The average Bonchev–Trinajstić information content (AvgIpc) is 3.07. The number of halogens is 2. The van der Waals surface area contributed by atoms with Crippen LogP contribution in [0, 0.1) is 17.0 Å². The first-order valence-corrected chi connectivity index (χ1v) is 9.26. The summed E-state index contributed by atoms with van der Waals surface area (Å²) in [6, 6.07) is 9.83. The first-order valence-electron chi connectivity index (χ1n) is 8.45. The van der Waals surface area contributed by atoms with Gasteiger partial charge in [-0.15, -0.1) is 11.3 Å². The fraction of sp³-hybridized carbons (Fsp3) is 0.158. The number of aromatic nitrogens is 1. The molecule has 0 aliphatic carbocycles. The molecular weight excluding hydrogens is 420 g/mol. The van der Waals surface area contributed by atoms with E-state index in [1.165, 1.54) is 42.7 Å².